The van der Waals surface area contributed by atoms with Crippen LogP contribution in [0.4, 0.5) is 8.78 Å². The molecule has 0 saturated heterocycles. The van der Waals surface area contributed by atoms with Crippen molar-refractivity contribution in [3.63, 3.8) is 0 Å². The van der Waals surface area contributed by atoms with E-state index in [9.17, 15) is 8.78 Å². The topological polar surface area (TPSA) is 12.0 Å². The Morgan fingerprint density at radius 2 is 1.81 bits per heavy atom. The van der Waals surface area contributed by atoms with Gasteiger partial charge in [0.2, 0.25) is 0 Å². The monoisotopic (exact) mass is 353 g/mol. The zero-order valence-electron chi connectivity index (χ0n) is 12.1. The van der Waals surface area contributed by atoms with Crippen LogP contribution in [0.1, 0.15) is 36.1 Å². The number of nitrogens with one attached hydrogen (secondary N) is 1. The second kappa shape index (κ2) is 7.14. The van der Waals surface area contributed by atoms with Gasteiger partial charge in [0.1, 0.15) is 11.6 Å². The first-order valence-electron chi connectivity index (χ1n) is 6.98. The molecule has 0 fully saturated rings. The molecule has 0 saturated carbocycles. The Kier molecular flexibility index (Phi) is 5.48. The minimum atomic E-state index is -0.391. The summed E-state index contributed by atoms with van der Waals surface area (Å²) in [6.07, 6.45) is 0.914. The van der Waals surface area contributed by atoms with Crippen LogP contribution >= 0.6 is 15.9 Å². The molecule has 1 atom stereocenters. The predicted octanol–water partition coefficient (Wildman–Crippen LogP) is 5.12. The highest BCUT2D eigenvalue weighted by Gasteiger charge is 2.20. The Morgan fingerprint density at radius 3 is 2.48 bits per heavy atom. The number of benzene rings is 2. The van der Waals surface area contributed by atoms with Gasteiger partial charge in [-0.05, 0) is 49.2 Å². The average Bonchev–Trinajstić information content (AvgIpc) is 2.46. The van der Waals surface area contributed by atoms with Crippen LogP contribution in [0.15, 0.2) is 40.9 Å². The highest BCUT2D eigenvalue weighted by molar-refractivity contribution is 9.10. The van der Waals surface area contributed by atoms with Crippen molar-refractivity contribution >= 4 is 15.9 Å². The molecule has 0 spiro atoms. The first-order valence-corrected chi connectivity index (χ1v) is 7.77. The molecule has 21 heavy (non-hydrogen) atoms. The smallest absolute Gasteiger partial charge is 0.128 e. The number of hydrogen-bond donors (Lipinski definition) is 1. The molecule has 2 rings (SSSR count). The van der Waals surface area contributed by atoms with Gasteiger partial charge in [-0.25, -0.2) is 8.78 Å². The molecular weight excluding hydrogens is 336 g/mol. The van der Waals surface area contributed by atoms with Gasteiger partial charge in [-0.1, -0.05) is 41.1 Å². The van der Waals surface area contributed by atoms with Gasteiger partial charge < -0.3 is 5.32 Å². The van der Waals surface area contributed by atoms with Crippen molar-refractivity contribution in [3.8, 4) is 0 Å². The van der Waals surface area contributed by atoms with Gasteiger partial charge in [0.25, 0.3) is 0 Å². The summed E-state index contributed by atoms with van der Waals surface area (Å²) < 4.78 is 29.0. The highest BCUT2D eigenvalue weighted by Crippen LogP contribution is 2.31. The number of halogens is 3. The van der Waals surface area contributed by atoms with E-state index in [1.165, 1.54) is 12.1 Å². The van der Waals surface area contributed by atoms with E-state index in [1.807, 2.05) is 31.2 Å². The summed E-state index contributed by atoms with van der Waals surface area (Å²) >= 11 is 3.49. The normalized spacial score (nSPS) is 12.4. The van der Waals surface area contributed by atoms with Crippen LogP contribution in [-0.2, 0) is 0 Å². The fraction of sp³-hybridized carbons (Fsp3) is 0.294. The van der Waals surface area contributed by atoms with E-state index in [4.69, 9.17) is 0 Å². The van der Waals surface area contributed by atoms with Gasteiger partial charge in [-0.15, -0.1) is 0 Å². The third kappa shape index (κ3) is 3.69. The van der Waals surface area contributed by atoms with Crippen molar-refractivity contribution in [2.45, 2.75) is 26.3 Å². The number of hydrogen-bond acceptors (Lipinski definition) is 1. The zero-order valence-corrected chi connectivity index (χ0v) is 13.7. The van der Waals surface area contributed by atoms with Crippen molar-refractivity contribution in [1.29, 1.82) is 0 Å². The molecule has 0 amide bonds. The molecule has 0 bridgehead atoms. The van der Waals surface area contributed by atoms with Crippen LogP contribution < -0.4 is 5.32 Å². The van der Waals surface area contributed by atoms with Gasteiger partial charge in [0.15, 0.2) is 0 Å². The molecule has 1 unspecified atom stereocenters. The Balaban J connectivity index is 2.51. The van der Waals surface area contributed by atoms with E-state index >= 15 is 0 Å². The first kappa shape index (κ1) is 16.1. The lowest BCUT2D eigenvalue weighted by Gasteiger charge is -2.22. The van der Waals surface area contributed by atoms with E-state index in [0.717, 1.165) is 23.0 Å². The van der Waals surface area contributed by atoms with Gasteiger partial charge in [0, 0.05) is 10.0 Å². The summed E-state index contributed by atoms with van der Waals surface area (Å²) in [6.45, 7) is 4.33. The quantitative estimate of drug-likeness (QED) is 0.785. The molecule has 1 nitrogen and oxygen atoms in total. The highest BCUT2D eigenvalue weighted by atomic mass is 79.9. The molecule has 0 aromatic heterocycles. The van der Waals surface area contributed by atoms with Gasteiger partial charge in [0.05, 0.1) is 6.04 Å². The van der Waals surface area contributed by atoms with E-state index in [0.29, 0.717) is 11.1 Å². The zero-order chi connectivity index (χ0) is 15.4. The maximum atomic E-state index is 14.3. The molecule has 112 valence electrons. The van der Waals surface area contributed by atoms with Crippen LogP contribution in [0.5, 0.6) is 0 Å². The molecule has 2 aromatic carbocycles. The molecule has 0 aliphatic rings. The average molecular weight is 354 g/mol. The van der Waals surface area contributed by atoms with Gasteiger partial charge in [-0.3, -0.25) is 0 Å². The summed E-state index contributed by atoms with van der Waals surface area (Å²) in [5.74, 6) is -0.778. The lowest BCUT2D eigenvalue weighted by Crippen LogP contribution is -2.24. The van der Waals surface area contributed by atoms with Crippen molar-refractivity contribution in [1.82, 2.24) is 5.32 Å². The standard InChI is InChI=1S/C17H18BrF2N/c1-3-8-21-17(12-6-4-5-7-14(12)18)13-10-15(19)11(2)9-16(13)20/h4-7,9-10,17,21H,3,8H2,1-2H3. The molecule has 0 radical (unpaired) electrons. The molecule has 2 aromatic rings. The Hall–Kier alpha value is -1.26. The summed E-state index contributed by atoms with van der Waals surface area (Å²) in [6, 6.07) is 9.77. The first-order chi connectivity index (χ1) is 10.0. The minimum absolute atomic E-state index is 0.317. The van der Waals surface area contributed by atoms with E-state index < -0.39 is 5.82 Å². The van der Waals surface area contributed by atoms with E-state index in [-0.39, 0.29) is 11.9 Å². The Morgan fingerprint density at radius 1 is 1.10 bits per heavy atom. The van der Waals surface area contributed by atoms with Crippen LogP contribution in [0.3, 0.4) is 0 Å². The lowest BCUT2D eigenvalue weighted by atomic mass is 9.96. The van der Waals surface area contributed by atoms with Gasteiger partial charge in [-0.2, -0.15) is 0 Å². The SMILES string of the molecule is CCCNC(c1cc(F)c(C)cc1F)c1ccccc1Br. The molecular formula is C17H18BrF2N. The van der Waals surface area contributed by atoms with Crippen LogP contribution in [0.25, 0.3) is 0 Å². The van der Waals surface area contributed by atoms with Crippen LogP contribution in [0, 0.1) is 18.6 Å². The second-order valence-electron chi connectivity index (χ2n) is 5.03. The summed E-state index contributed by atoms with van der Waals surface area (Å²) in [4.78, 5) is 0. The fourth-order valence-corrected chi connectivity index (χ4v) is 2.78. The third-order valence-corrected chi connectivity index (χ3v) is 4.13. The van der Waals surface area contributed by atoms with Gasteiger partial charge >= 0.3 is 0 Å². The van der Waals surface area contributed by atoms with Crippen molar-refractivity contribution in [3.05, 3.63) is 69.2 Å². The van der Waals surface area contributed by atoms with Crippen LogP contribution in [0.2, 0.25) is 0 Å². The Bertz CT molecular complexity index is 628. The van der Waals surface area contributed by atoms with E-state index in [2.05, 4.69) is 21.2 Å². The molecule has 1 N–H and O–H groups in total. The fourth-order valence-electron chi connectivity index (χ4n) is 2.27. The second-order valence-corrected chi connectivity index (χ2v) is 5.89. The maximum absolute atomic E-state index is 14.3. The summed E-state index contributed by atoms with van der Waals surface area (Å²) in [7, 11) is 0. The number of rotatable bonds is 5. The predicted molar refractivity (Wildman–Crippen MR) is 85.4 cm³/mol. The summed E-state index contributed by atoms with van der Waals surface area (Å²) in [5, 5.41) is 3.29. The van der Waals surface area contributed by atoms with E-state index in [1.54, 1.807) is 6.92 Å². The molecule has 0 heterocycles. The third-order valence-electron chi connectivity index (χ3n) is 3.40. The maximum Gasteiger partial charge on any atom is 0.128 e. The van der Waals surface area contributed by atoms with Crippen molar-refractivity contribution in [2.24, 2.45) is 0 Å². The summed E-state index contributed by atoms with van der Waals surface area (Å²) in [5.41, 5.74) is 1.55. The minimum Gasteiger partial charge on any atom is -0.306 e. The molecule has 0 aliphatic heterocycles. The van der Waals surface area contributed by atoms with Crippen LogP contribution in [-0.4, -0.2) is 6.54 Å². The molecule has 4 heteroatoms. The number of aryl methyl sites for hydroxylation is 1. The lowest BCUT2D eigenvalue weighted by molar-refractivity contribution is 0.531. The Labute approximate surface area is 132 Å². The van der Waals surface area contributed by atoms with Crippen molar-refractivity contribution < 1.29 is 8.78 Å². The molecule has 0 aliphatic carbocycles. The van der Waals surface area contributed by atoms with Crippen molar-refractivity contribution in [2.75, 3.05) is 6.54 Å². The largest absolute Gasteiger partial charge is 0.306 e.